The number of amides is 2. The minimum Gasteiger partial charge on any atom is -0.361 e. The van der Waals surface area contributed by atoms with Crippen LogP contribution in [0, 0.1) is 22.9 Å². The van der Waals surface area contributed by atoms with E-state index in [9.17, 15) is 24.1 Å². The molecule has 0 saturated heterocycles. The number of hydrogen-bond donors (Lipinski definition) is 1. The number of nitro groups is 1. The van der Waals surface area contributed by atoms with Crippen LogP contribution in [0.5, 0.6) is 0 Å². The second kappa shape index (κ2) is 11.9. The fourth-order valence-electron chi connectivity index (χ4n) is 4.54. The molecule has 8 nitrogen and oxygen atoms in total. The van der Waals surface area contributed by atoms with Crippen molar-refractivity contribution in [3.8, 4) is 0 Å². The first kappa shape index (κ1) is 27.5. The summed E-state index contributed by atoms with van der Waals surface area (Å²) in [6.45, 7) is 5.63. The zero-order valence-electron chi connectivity index (χ0n) is 22.2. The van der Waals surface area contributed by atoms with Gasteiger partial charge in [0.2, 0.25) is 5.91 Å². The van der Waals surface area contributed by atoms with Crippen molar-refractivity contribution in [1.82, 2.24) is 14.8 Å². The molecule has 2 amide bonds. The highest BCUT2D eigenvalue weighted by atomic mass is 19.1. The topological polar surface area (TPSA) is 99.6 Å². The zero-order valence-corrected chi connectivity index (χ0v) is 22.2. The summed E-state index contributed by atoms with van der Waals surface area (Å²) in [4.78, 5) is 44.3. The largest absolute Gasteiger partial charge is 0.361 e. The van der Waals surface area contributed by atoms with E-state index in [-0.39, 0.29) is 42.1 Å². The van der Waals surface area contributed by atoms with E-state index in [0.717, 1.165) is 22.0 Å². The highest BCUT2D eigenvalue weighted by Crippen LogP contribution is 2.22. The van der Waals surface area contributed by atoms with Gasteiger partial charge in [0.15, 0.2) is 0 Å². The van der Waals surface area contributed by atoms with E-state index in [1.54, 1.807) is 37.8 Å². The van der Waals surface area contributed by atoms with E-state index in [4.69, 9.17) is 0 Å². The predicted octanol–water partition coefficient (Wildman–Crippen LogP) is 5.65. The van der Waals surface area contributed by atoms with Gasteiger partial charge >= 0.3 is 0 Å². The summed E-state index contributed by atoms with van der Waals surface area (Å²) in [5.74, 6) is -1.10. The standard InChI is InChI=1S/C30H31FN4O4/c1-20(2)34(30(37)23-11-8-21(3)28(16-23)35(38)39)19-29(36)33(18-22-9-12-25(31)13-10-22)15-14-24-17-32-27-7-5-4-6-26(24)27/h4-13,16-17,20,32H,14-15,18-19H2,1-3H3. The van der Waals surface area contributed by atoms with Crippen LogP contribution in [-0.4, -0.2) is 50.7 Å². The molecule has 0 atom stereocenters. The third kappa shape index (κ3) is 6.49. The molecule has 1 heterocycles. The quantitative estimate of drug-likeness (QED) is 0.212. The van der Waals surface area contributed by atoms with Crippen molar-refractivity contribution in [2.75, 3.05) is 13.1 Å². The molecule has 39 heavy (non-hydrogen) atoms. The van der Waals surface area contributed by atoms with Crippen molar-refractivity contribution >= 4 is 28.4 Å². The lowest BCUT2D eigenvalue weighted by Crippen LogP contribution is -2.46. The van der Waals surface area contributed by atoms with Gasteiger partial charge in [-0.3, -0.25) is 19.7 Å². The first-order valence-electron chi connectivity index (χ1n) is 12.8. The van der Waals surface area contributed by atoms with Crippen molar-refractivity contribution in [3.63, 3.8) is 0 Å². The molecule has 202 valence electrons. The third-order valence-electron chi connectivity index (χ3n) is 6.81. The fourth-order valence-corrected chi connectivity index (χ4v) is 4.54. The van der Waals surface area contributed by atoms with Gasteiger partial charge in [-0.2, -0.15) is 0 Å². The number of aryl methyl sites for hydroxylation is 1. The van der Waals surface area contributed by atoms with Crippen LogP contribution >= 0.6 is 0 Å². The van der Waals surface area contributed by atoms with Crippen LogP contribution in [0.2, 0.25) is 0 Å². The highest BCUT2D eigenvalue weighted by Gasteiger charge is 2.26. The van der Waals surface area contributed by atoms with Gasteiger partial charge in [0, 0.05) is 53.4 Å². The Kier molecular flexibility index (Phi) is 8.39. The fraction of sp³-hybridized carbons (Fsp3) is 0.267. The van der Waals surface area contributed by atoms with Crippen LogP contribution in [0.15, 0.2) is 72.9 Å². The zero-order chi connectivity index (χ0) is 28.1. The summed E-state index contributed by atoms with van der Waals surface area (Å²) < 4.78 is 13.5. The molecule has 3 aromatic carbocycles. The number of hydrogen-bond acceptors (Lipinski definition) is 4. The van der Waals surface area contributed by atoms with Gasteiger partial charge in [0.25, 0.3) is 11.6 Å². The molecule has 0 unspecified atom stereocenters. The van der Waals surface area contributed by atoms with Gasteiger partial charge in [-0.1, -0.05) is 36.4 Å². The maximum Gasteiger partial charge on any atom is 0.273 e. The number of halogens is 1. The lowest BCUT2D eigenvalue weighted by molar-refractivity contribution is -0.385. The number of aromatic nitrogens is 1. The Labute approximate surface area is 226 Å². The molecule has 0 aliphatic rings. The van der Waals surface area contributed by atoms with E-state index in [0.29, 0.717) is 18.5 Å². The number of nitrogens with one attached hydrogen (secondary N) is 1. The average Bonchev–Trinajstić information content (AvgIpc) is 3.33. The first-order valence-corrected chi connectivity index (χ1v) is 12.8. The van der Waals surface area contributed by atoms with Crippen molar-refractivity contribution < 1.29 is 18.9 Å². The molecule has 0 fully saturated rings. The molecule has 4 rings (SSSR count). The lowest BCUT2D eigenvalue weighted by atomic mass is 10.1. The number of nitro benzene ring substituents is 1. The van der Waals surface area contributed by atoms with Crippen molar-refractivity contribution in [2.45, 2.75) is 39.8 Å². The van der Waals surface area contributed by atoms with E-state index in [1.165, 1.54) is 35.2 Å². The Bertz CT molecular complexity index is 1500. The van der Waals surface area contributed by atoms with E-state index in [2.05, 4.69) is 4.98 Å². The summed E-state index contributed by atoms with van der Waals surface area (Å²) in [5.41, 5.74) is 3.29. The minimum absolute atomic E-state index is 0.146. The smallest absolute Gasteiger partial charge is 0.273 e. The number of fused-ring (bicyclic) bond motifs is 1. The molecule has 0 aliphatic heterocycles. The summed E-state index contributed by atoms with van der Waals surface area (Å²) >= 11 is 0. The van der Waals surface area contributed by atoms with E-state index < -0.39 is 10.8 Å². The monoisotopic (exact) mass is 530 g/mol. The van der Waals surface area contributed by atoms with E-state index in [1.807, 2.05) is 30.5 Å². The van der Waals surface area contributed by atoms with Crippen LogP contribution < -0.4 is 0 Å². The van der Waals surface area contributed by atoms with Gasteiger partial charge in [0.05, 0.1) is 4.92 Å². The predicted molar refractivity (Wildman–Crippen MR) is 148 cm³/mol. The van der Waals surface area contributed by atoms with Crippen LogP contribution in [0.3, 0.4) is 0 Å². The van der Waals surface area contributed by atoms with Crippen molar-refractivity contribution in [1.29, 1.82) is 0 Å². The molecule has 0 radical (unpaired) electrons. The first-order chi connectivity index (χ1) is 18.6. The highest BCUT2D eigenvalue weighted by molar-refractivity contribution is 5.97. The van der Waals surface area contributed by atoms with Gasteiger partial charge < -0.3 is 14.8 Å². The number of carbonyl (C=O) groups excluding carboxylic acids is 2. The number of nitrogens with zero attached hydrogens (tertiary/aromatic N) is 3. The SMILES string of the molecule is Cc1ccc(C(=O)N(CC(=O)N(CCc2c[nH]c3ccccc23)Cc2ccc(F)cc2)C(C)C)cc1[N+](=O)[O-]. The number of carbonyl (C=O) groups is 2. The summed E-state index contributed by atoms with van der Waals surface area (Å²) in [6, 6.07) is 17.9. The average molecular weight is 531 g/mol. The van der Waals surface area contributed by atoms with Crippen LogP contribution in [-0.2, 0) is 17.8 Å². The van der Waals surface area contributed by atoms with E-state index >= 15 is 0 Å². The summed E-state index contributed by atoms with van der Waals surface area (Å²) in [6.07, 6.45) is 2.51. The van der Waals surface area contributed by atoms with Gasteiger partial charge in [0.1, 0.15) is 12.4 Å². The number of H-pyrrole nitrogens is 1. The maximum absolute atomic E-state index is 13.7. The van der Waals surface area contributed by atoms with Crippen molar-refractivity contribution in [3.05, 3.63) is 111 Å². The molecule has 0 spiro atoms. The minimum atomic E-state index is -0.522. The molecule has 0 bridgehead atoms. The summed E-state index contributed by atoms with van der Waals surface area (Å²) in [7, 11) is 0. The maximum atomic E-state index is 13.7. The Morgan fingerprint density at radius 2 is 1.77 bits per heavy atom. The third-order valence-corrected chi connectivity index (χ3v) is 6.81. The Morgan fingerprint density at radius 3 is 2.46 bits per heavy atom. The molecular weight excluding hydrogens is 499 g/mol. The lowest BCUT2D eigenvalue weighted by Gasteiger charge is -2.30. The molecule has 1 aromatic heterocycles. The molecule has 0 saturated carbocycles. The molecule has 0 aliphatic carbocycles. The van der Waals surface area contributed by atoms with Gasteiger partial charge in [-0.25, -0.2) is 4.39 Å². The van der Waals surface area contributed by atoms with Crippen LogP contribution in [0.25, 0.3) is 10.9 Å². The van der Waals surface area contributed by atoms with Crippen LogP contribution in [0.4, 0.5) is 10.1 Å². The number of aromatic amines is 1. The number of para-hydroxylation sites is 1. The number of rotatable bonds is 10. The number of benzene rings is 3. The Morgan fingerprint density at radius 1 is 1.05 bits per heavy atom. The van der Waals surface area contributed by atoms with Crippen LogP contribution in [0.1, 0.15) is 40.9 Å². The second-order valence-corrected chi connectivity index (χ2v) is 9.84. The second-order valence-electron chi connectivity index (χ2n) is 9.84. The summed E-state index contributed by atoms with van der Waals surface area (Å²) in [5, 5.41) is 12.5. The molecule has 9 heteroatoms. The van der Waals surface area contributed by atoms with Gasteiger partial charge in [-0.15, -0.1) is 0 Å². The Hall–Kier alpha value is -4.53. The molecule has 4 aromatic rings. The molecular formula is C30H31FN4O4. The van der Waals surface area contributed by atoms with Crippen molar-refractivity contribution in [2.24, 2.45) is 0 Å². The molecule has 1 N–H and O–H groups in total. The normalized spacial score (nSPS) is 11.1. The van der Waals surface area contributed by atoms with Gasteiger partial charge in [-0.05, 0) is 62.6 Å². The Balaban J connectivity index is 1.57.